The summed E-state index contributed by atoms with van der Waals surface area (Å²) in [4.78, 5) is 54.7. The maximum Gasteiger partial charge on any atom is 0.326 e. The summed E-state index contributed by atoms with van der Waals surface area (Å²) in [5.41, 5.74) is 6.20. The molecule has 1 aliphatic rings. The molecule has 1 aromatic heterocycles. The Labute approximate surface area is 285 Å². The van der Waals surface area contributed by atoms with Crippen LogP contribution in [0.15, 0.2) is 54.7 Å². The normalized spacial score (nSPS) is 17.5. The molecule has 2 amide bonds. The van der Waals surface area contributed by atoms with E-state index in [2.05, 4.69) is 20.3 Å². The van der Waals surface area contributed by atoms with Crippen LogP contribution >= 0.6 is 7.37 Å². The number of aromatic hydroxyl groups is 1. The number of para-hydroxylation sites is 1. The second kappa shape index (κ2) is 16.3. The first kappa shape index (κ1) is 38.1. The second-order valence-corrected chi connectivity index (χ2v) is 17.2. The van der Waals surface area contributed by atoms with Crippen molar-refractivity contribution in [3.05, 3.63) is 65.9 Å². The Hall–Kier alpha value is -3.75. The minimum absolute atomic E-state index is 0.0175. The quantitative estimate of drug-likeness (QED) is 0.0706. The zero-order valence-corrected chi connectivity index (χ0v) is 29.1. The molecule has 0 bridgehead atoms. The fourth-order valence-electron chi connectivity index (χ4n) is 6.49. The monoisotopic (exact) mass is 719 g/mol. The van der Waals surface area contributed by atoms with Crippen LogP contribution in [0.4, 0.5) is 0 Å². The van der Waals surface area contributed by atoms with Gasteiger partial charge in [-0.25, -0.2) is 17.9 Å². The van der Waals surface area contributed by atoms with E-state index in [1.807, 2.05) is 24.3 Å². The highest BCUT2D eigenvalue weighted by atomic mass is 32.2. The summed E-state index contributed by atoms with van der Waals surface area (Å²) in [6.07, 6.45) is 4.55. The van der Waals surface area contributed by atoms with E-state index in [9.17, 15) is 42.5 Å². The molecule has 49 heavy (non-hydrogen) atoms. The predicted molar refractivity (Wildman–Crippen MR) is 186 cm³/mol. The number of hydrogen-bond donors (Lipinski definition) is 8. The number of hydrogen-bond acceptors (Lipinski definition) is 8. The van der Waals surface area contributed by atoms with Gasteiger partial charge in [0.25, 0.3) is 0 Å². The number of nitrogens with one attached hydrogen (secondary N) is 4. The molecule has 2 aromatic carbocycles. The Morgan fingerprint density at radius 3 is 2.31 bits per heavy atom. The molecule has 0 saturated heterocycles. The maximum absolute atomic E-state index is 14.4. The van der Waals surface area contributed by atoms with E-state index in [0.717, 1.165) is 17.2 Å². The number of carbonyl (C=O) groups excluding carboxylic acids is 2. The van der Waals surface area contributed by atoms with Gasteiger partial charge in [0.1, 0.15) is 23.6 Å². The van der Waals surface area contributed by atoms with Gasteiger partial charge >= 0.3 is 5.97 Å². The summed E-state index contributed by atoms with van der Waals surface area (Å²) in [5.74, 6) is -4.18. The van der Waals surface area contributed by atoms with Crippen LogP contribution in [0.25, 0.3) is 10.9 Å². The summed E-state index contributed by atoms with van der Waals surface area (Å²) < 4.78 is 40.9. The molecule has 1 fully saturated rings. The van der Waals surface area contributed by atoms with Crippen molar-refractivity contribution in [3.63, 3.8) is 0 Å². The first-order valence-electron chi connectivity index (χ1n) is 16.3. The topological polar surface area (TPSA) is 241 Å². The van der Waals surface area contributed by atoms with E-state index in [1.54, 1.807) is 6.20 Å². The minimum atomic E-state index is -4.49. The summed E-state index contributed by atoms with van der Waals surface area (Å²) >= 11 is 0. The Kier molecular flexibility index (Phi) is 12.7. The average Bonchev–Trinajstić information content (AvgIpc) is 3.68. The number of carbonyl (C=O) groups is 3. The molecule has 4 rings (SSSR count). The van der Waals surface area contributed by atoms with Gasteiger partial charge in [-0.3, -0.25) is 14.2 Å². The number of H-pyrrole nitrogens is 1. The van der Waals surface area contributed by atoms with Gasteiger partial charge in [0.2, 0.25) is 29.2 Å². The van der Waals surface area contributed by atoms with Crippen molar-refractivity contribution in [2.45, 2.75) is 75.7 Å². The van der Waals surface area contributed by atoms with Crippen molar-refractivity contribution in [2.75, 3.05) is 19.0 Å². The van der Waals surface area contributed by atoms with Crippen molar-refractivity contribution >= 4 is 46.1 Å². The Balaban J connectivity index is 1.60. The number of benzene rings is 2. The van der Waals surface area contributed by atoms with Crippen LogP contribution in [0.1, 0.15) is 56.1 Å². The Morgan fingerprint density at radius 1 is 1.00 bits per heavy atom. The predicted octanol–water partition coefficient (Wildman–Crippen LogP) is 2.55. The van der Waals surface area contributed by atoms with E-state index in [4.69, 9.17) is 5.73 Å². The summed E-state index contributed by atoms with van der Waals surface area (Å²) in [7, 11) is -8.32. The third kappa shape index (κ3) is 10.4. The summed E-state index contributed by atoms with van der Waals surface area (Å²) in [5, 5.41) is 25.9. The Morgan fingerprint density at radius 2 is 1.67 bits per heavy atom. The lowest BCUT2D eigenvalue weighted by molar-refractivity contribution is -0.143. The first-order valence-corrected chi connectivity index (χ1v) is 20.1. The summed E-state index contributed by atoms with van der Waals surface area (Å²) in [6, 6.07) is 10.7. The summed E-state index contributed by atoms with van der Waals surface area (Å²) in [6.45, 7) is 0.331. The van der Waals surface area contributed by atoms with Crippen LogP contribution in [-0.2, 0) is 41.8 Å². The highest BCUT2D eigenvalue weighted by molar-refractivity contribution is 7.88. The highest BCUT2D eigenvalue weighted by Crippen LogP contribution is 2.55. The Bertz CT molecular complexity index is 1770. The molecular formula is C33H46N5O9PS. The van der Waals surface area contributed by atoms with E-state index in [-0.39, 0.29) is 37.9 Å². The largest absolute Gasteiger partial charge is 0.508 e. The number of rotatable bonds is 18. The van der Waals surface area contributed by atoms with Gasteiger partial charge in [0.15, 0.2) is 0 Å². The minimum Gasteiger partial charge on any atom is -0.508 e. The van der Waals surface area contributed by atoms with E-state index >= 15 is 0 Å². The molecule has 0 radical (unpaired) electrons. The molecule has 268 valence electrons. The van der Waals surface area contributed by atoms with E-state index in [1.165, 1.54) is 24.3 Å². The number of unbranched alkanes of at least 4 members (excludes halogenated alkanes) is 1. The number of aromatic nitrogens is 1. The van der Waals surface area contributed by atoms with Crippen LogP contribution in [-0.4, -0.2) is 83.1 Å². The van der Waals surface area contributed by atoms with Gasteiger partial charge in [-0.05, 0) is 61.6 Å². The number of nitrogens with two attached hydrogens (primary N) is 1. The maximum atomic E-state index is 14.4. The number of phenolic OH excluding ortho intramolecular Hbond substituents is 1. The number of aromatic amines is 1. The fourth-order valence-corrected chi connectivity index (χ4v) is 9.61. The molecule has 3 aromatic rings. The van der Waals surface area contributed by atoms with Crippen molar-refractivity contribution in [2.24, 2.45) is 11.1 Å². The number of fused-ring (bicyclic) bond motifs is 1. The van der Waals surface area contributed by atoms with Gasteiger partial charge < -0.3 is 36.5 Å². The number of amides is 2. The number of carboxylic acids is 1. The highest BCUT2D eigenvalue weighted by Gasteiger charge is 2.49. The first-order chi connectivity index (χ1) is 23.1. The smallest absolute Gasteiger partial charge is 0.326 e. The molecule has 9 N–H and O–H groups in total. The third-order valence-corrected chi connectivity index (χ3v) is 12.1. The second-order valence-electron chi connectivity index (χ2n) is 13.0. The molecule has 0 aliphatic heterocycles. The van der Waals surface area contributed by atoms with Crippen molar-refractivity contribution in [1.82, 2.24) is 20.3 Å². The molecule has 16 heteroatoms. The third-order valence-electron chi connectivity index (χ3n) is 9.05. The molecular weight excluding hydrogens is 673 g/mol. The van der Waals surface area contributed by atoms with Gasteiger partial charge in [-0.2, -0.15) is 0 Å². The number of carboxylic acid groups (broad SMARTS) is 1. The van der Waals surface area contributed by atoms with Gasteiger partial charge in [0.05, 0.1) is 11.7 Å². The zero-order valence-electron chi connectivity index (χ0n) is 27.4. The average molecular weight is 720 g/mol. The van der Waals surface area contributed by atoms with Gasteiger partial charge in [0, 0.05) is 36.1 Å². The van der Waals surface area contributed by atoms with Crippen LogP contribution < -0.4 is 21.1 Å². The van der Waals surface area contributed by atoms with Gasteiger partial charge in [-0.15, -0.1) is 0 Å². The molecule has 14 nitrogen and oxygen atoms in total. The molecule has 1 heterocycles. The fraction of sp³-hybridized carbons (Fsp3) is 0.485. The van der Waals surface area contributed by atoms with Crippen molar-refractivity contribution in [3.8, 4) is 5.75 Å². The van der Waals surface area contributed by atoms with Gasteiger partial charge in [-0.1, -0.05) is 49.6 Å². The molecule has 1 aliphatic carbocycles. The molecule has 1 saturated carbocycles. The lowest BCUT2D eigenvalue weighted by atomic mass is 9.87. The number of aliphatic carboxylic acids is 1. The van der Waals surface area contributed by atoms with Crippen molar-refractivity contribution < 1.29 is 42.5 Å². The number of phenols is 1. The molecule has 2 unspecified atom stereocenters. The van der Waals surface area contributed by atoms with Crippen LogP contribution in [0.5, 0.6) is 5.75 Å². The van der Waals surface area contributed by atoms with Crippen molar-refractivity contribution in [1.29, 1.82) is 0 Å². The lowest BCUT2D eigenvalue weighted by Gasteiger charge is -2.34. The van der Waals surface area contributed by atoms with Crippen LogP contribution in [0.3, 0.4) is 0 Å². The molecule has 4 atom stereocenters. The SMILES string of the molecule is CS(=O)(=O)N[C@@H](CCCCN)C(=O)NC(Cc1ccc(O)cc1)P(=O)(O)CC1(C(=O)N[C@@H](Cc2c[nH]c3ccccc23)C(=O)O)CCCC1. The van der Waals surface area contributed by atoms with Crippen LogP contribution in [0.2, 0.25) is 0 Å². The van der Waals surface area contributed by atoms with Crippen LogP contribution in [0, 0.1) is 5.41 Å². The lowest BCUT2D eigenvalue weighted by Crippen LogP contribution is -2.52. The van der Waals surface area contributed by atoms with E-state index in [0.29, 0.717) is 43.4 Å². The zero-order chi connectivity index (χ0) is 35.8. The van der Waals surface area contributed by atoms with E-state index < -0.39 is 64.6 Å². The molecule has 0 spiro atoms. The standard InChI is InChI=1S/C33H46N5O9PS/c1-49(46,47)38-27(10-4-7-17-34)30(40)37-29(18-22-11-13-24(39)14-12-22)48(44,45)21-33(15-5-6-16-33)32(43)36-28(31(41)42)19-23-20-35-26-9-3-2-8-25(23)26/h2-3,8-9,11-14,20,27-29,35,38-39H,4-7,10,15-19,21,34H2,1H3,(H,36,43)(H,37,40)(H,41,42)(H,44,45)/t27-,28-,29?/m0/s1. The number of sulfonamides is 1.